The summed E-state index contributed by atoms with van der Waals surface area (Å²) >= 11 is 0. The molecule has 3 nitrogen and oxygen atoms in total. The van der Waals surface area contributed by atoms with Crippen molar-refractivity contribution in [3.8, 4) is 0 Å². The van der Waals surface area contributed by atoms with Crippen LogP contribution in [0.5, 0.6) is 0 Å². The summed E-state index contributed by atoms with van der Waals surface area (Å²) in [6.07, 6.45) is 7.57. The van der Waals surface area contributed by atoms with E-state index in [1.807, 2.05) is 6.21 Å². The summed E-state index contributed by atoms with van der Waals surface area (Å²) in [6, 6.07) is 0.655. The van der Waals surface area contributed by atoms with Gasteiger partial charge >= 0.3 is 0 Å². The normalized spacial score (nSPS) is 17.8. The van der Waals surface area contributed by atoms with E-state index in [2.05, 4.69) is 31.1 Å². The fourth-order valence-electron chi connectivity index (χ4n) is 2.08. The molecule has 0 saturated heterocycles. The summed E-state index contributed by atoms with van der Waals surface area (Å²) in [5.74, 6) is 1.13. The van der Waals surface area contributed by atoms with Crippen LogP contribution in [0.15, 0.2) is 16.3 Å². The first-order valence-electron chi connectivity index (χ1n) is 6.81. The third-order valence-electron chi connectivity index (χ3n) is 3.23. The van der Waals surface area contributed by atoms with E-state index in [-0.39, 0.29) is 0 Å². The van der Waals surface area contributed by atoms with E-state index in [4.69, 9.17) is 4.74 Å². The minimum absolute atomic E-state index is 0.485. The van der Waals surface area contributed by atoms with Gasteiger partial charge in [-0.25, -0.2) is 0 Å². The van der Waals surface area contributed by atoms with Gasteiger partial charge < -0.3 is 10.1 Å². The topological polar surface area (TPSA) is 33.6 Å². The SMILES string of the molecule is CCCC(CC)NCCC1=C(C)CC=NCO1. The molecule has 3 heteroatoms. The molecule has 98 valence electrons. The number of hydrogen-bond acceptors (Lipinski definition) is 3. The molecule has 1 aliphatic heterocycles. The van der Waals surface area contributed by atoms with E-state index >= 15 is 0 Å². The van der Waals surface area contributed by atoms with Crippen molar-refractivity contribution in [2.75, 3.05) is 13.3 Å². The highest BCUT2D eigenvalue weighted by molar-refractivity contribution is 5.61. The fraction of sp³-hybridized carbons (Fsp3) is 0.786. The van der Waals surface area contributed by atoms with E-state index < -0.39 is 0 Å². The third kappa shape index (κ3) is 5.35. The molecule has 0 spiro atoms. The zero-order chi connectivity index (χ0) is 12.5. The van der Waals surface area contributed by atoms with Gasteiger partial charge in [0.05, 0.1) is 5.76 Å². The zero-order valence-corrected chi connectivity index (χ0v) is 11.5. The first-order valence-corrected chi connectivity index (χ1v) is 6.81. The van der Waals surface area contributed by atoms with Crippen LogP contribution in [-0.2, 0) is 4.74 Å². The van der Waals surface area contributed by atoms with Crippen molar-refractivity contribution in [2.24, 2.45) is 4.99 Å². The number of nitrogens with one attached hydrogen (secondary N) is 1. The molecule has 17 heavy (non-hydrogen) atoms. The highest BCUT2D eigenvalue weighted by Crippen LogP contribution is 2.15. The molecule has 0 fully saturated rings. The lowest BCUT2D eigenvalue weighted by molar-refractivity contribution is 0.209. The predicted octanol–water partition coefficient (Wildman–Crippen LogP) is 3.27. The van der Waals surface area contributed by atoms with Gasteiger partial charge in [0, 0.05) is 31.6 Å². The third-order valence-corrected chi connectivity index (χ3v) is 3.23. The van der Waals surface area contributed by atoms with E-state index in [0.717, 1.165) is 25.1 Å². The van der Waals surface area contributed by atoms with Crippen molar-refractivity contribution < 1.29 is 4.74 Å². The molecule has 1 rings (SSSR count). The molecule has 0 aromatic rings. The Morgan fingerprint density at radius 2 is 2.29 bits per heavy atom. The Morgan fingerprint density at radius 1 is 1.47 bits per heavy atom. The molecule has 0 bridgehead atoms. The maximum atomic E-state index is 5.63. The number of rotatable bonds is 7. The van der Waals surface area contributed by atoms with Crippen LogP contribution in [0.4, 0.5) is 0 Å². The van der Waals surface area contributed by atoms with Crippen molar-refractivity contribution in [1.82, 2.24) is 5.32 Å². The first kappa shape index (κ1) is 14.2. The van der Waals surface area contributed by atoms with Crippen molar-refractivity contribution in [2.45, 2.75) is 58.9 Å². The summed E-state index contributed by atoms with van der Waals surface area (Å²) in [6.45, 7) is 8.11. The molecule has 0 aromatic heterocycles. The quantitative estimate of drug-likeness (QED) is 0.738. The van der Waals surface area contributed by atoms with Crippen molar-refractivity contribution in [1.29, 1.82) is 0 Å². The van der Waals surface area contributed by atoms with Gasteiger partial charge in [0.25, 0.3) is 0 Å². The number of nitrogens with zero attached hydrogens (tertiary/aromatic N) is 1. The van der Waals surface area contributed by atoms with Crippen molar-refractivity contribution >= 4 is 6.21 Å². The van der Waals surface area contributed by atoms with E-state index in [0.29, 0.717) is 12.8 Å². The monoisotopic (exact) mass is 238 g/mol. The lowest BCUT2D eigenvalue weighted by Gasteiger charge is -2.17. The summed E-state index contributed by atoms with van der Waals surface area (Å²) < 4.78 is 5.63. The van der Waals surface area contributed by atoms with Gasteiger partial charge in [0.2, 0.25) is 0 Å². The number of allylic oxidation sites excluding steroid dienone is 1. The van der Waals surface area contributed by atoms with Crippen LogP contribution in [0.25, 0.3) is 0 Å². The second-order valence-corrected chi connectivity index (χ2v) is 4.64. The zero-order valence-electron chi connectivity index (χ0n) is 11.5. The van der Waals surface area contributed by atoms with Crippen LogP contribution in [0, 0.1) is 0 Å². The van der Waals surface area contributed by atoms with E-state index in [1.54, 1.807) is 0 Å². The Bertz CT molecular complexity index is 271. The smallest absolute Gasteiger partial charge is 0.178 e. The molecule has 0 amide bonds. The molecule has 1 aliphatic rings. The lowest BCUT2D eigenvalue weighted by Crippen LogP contribution is -2.29. The maximum Gasteiger partial charge on any atom is 0.178 e. The molecule has 0 aromatic carbocycles. The van der Waals surface area contributed by atoms with Crippen LogP contribution in [-0.4, -0.2) is 25.5 Å². The Morgan fingerprint density at radius 3 is 3.00 bits per heavy atom. The minimum Gasteiger partial charge on any atom is -0.476 e. The molecule has 0 saturated carbocycles. The van der Waals surface area contributed by atoms with Gasteiger partial charge in [-0.15, -0.1) is 0 Å². The van der Waals surface area contributed by atoms with E-state index in [9.17, 15) is 0 Å². The summed E-state index contributed by atoms with van der Waals surface area (Å²) in [7, 11) is 0. The largest absolute Gasteiger partial charge is 0.476 e. The van der Waals surface area contributed by atoms with Crippen molar-refractivity contribution in [3.05, 3.63) is 11.3 Å². The molecule has 1 unspecified atom stereocenters. The predicted molar refractivity (Wildman–Crippen MR) is 73.4 cm³/mol. The summed E-state index contributed by atoms with van der Waals surface area (Å²) in [5.41, 5.74) is 1.32. The molecule has 1 N–H and O–H groups in total. The first-order chi connectivity index (χ1) is 8.27. The molecule has 0 aliphatic carbocycles. The standard InChI is InChI=1S/C14H26N2O/c1-4-6-13(5-2)16-10-8-14-12(3)7-9-15-11-17-14/h9,13,16H,4-8,10-11H2,1-3H3. The van der Waals surface area contributed by atoms with Gasteiger partial charge in [0.15, 0.2) is 6.73 Å². The highest BCUT2D eigenvalue weighted by Gasteiger charge is 2.08. The minimum atomic E-state index is 0.485. The van der Waals surface area contributed by atoms with Gasteiger partial charge in [0.1, 0.15) is 0 Å². The van der Waals surface area contributed by atoms with Crippen LogP contribution < -0.4 is 5.32 Å². The molecule has 0 radical (unpaired) electrons. The second kappa shape index (κ2) is 8.29. The fourth-order valence-corrected chi connectivity index (χ4v) is 2.08. The molecular formula is C14H26N2O. The second-order valence-electron chi connectivity index (χ2n) is 4.64. The summed E-state index contributed by atoms with van der Waals surface area (Å²) in [5, 5.41) is 3.60. The number of hydrogen-bond donors (Lipinski definition) is 1. The Kier molecular flexibility index (Phi) is 6.94. The number of aliphatic imine (C=N–C) groups is 1. The Balaban J connectivity index is 2.29. The molecule has 1 heterocycles. The average molecular weight is 238 g/mol. The van der Waals surface area contributed by atoms with Crippen LogP contribution in [0.1, 0.15) is 52.9 Å². The van der Waals surface area contributed by atoms with Crippen LogP contribution in [0.2, 0.25) is 0 Å². The Labute approximate surface area is 105 Å². The Hall–Kier alpha value is -0.830. The lowest BCUT2D eigenvalue weighted by atomic mass is 10.1. The van der Waals surface area contributed by atoms with E-state index in [1.165, 1.54) is 24.8 Å². The van der Waals surface area contributed by atoms with Gasteiger partial charge in [-0.2, -0.15) is 0 Å². The van der Waals surface area contributed by atoms with Gasteiger partial charge in [-0.05, 0) is 25.3 Å². The molecule has 1 atom stereocenters. The molecular weight excluding hydrogens is 212 g/mol. The summed E-state index contributed by atoms with van der Waals surface area (Å²) in [4.78, 5) is 4.15. The van der Waals surface area contributed by atoms with Crippen LogP contribution in [0.3, 0.4) is 0 Å². The highest BCUT2D eigenvalue weighted by atomic mass is 16.5. The van der Waals surface area contributed by atoms with Crippen molar-refractivity contribution in [3.63, 3.8) is 0 Å². The number of ether oxygens (including phenoxy) is 1. The van der Waals surface area contributed by atoms with Gasteiger partial charge in [-0.3, -0.25) is 4.99 Å². The van der Waals surface area contributed by atoms with Gasteiger partial charge in [-0.1, -0.05) is 20.3 Å². The van der Waals surface area contributed by atoms with Crippen LogP contribution >= 0.6 is 0 Å². The average Bonchev–Trinajstić information content (AvgIpc) is 2.53. The maximum absolute atomic E-state index is 5.63.